The fourth-order valence-electron chi connectivity index (χ4n) is 1.68. The molecular weight excluding hydrogens is 343 g/mol. The van der Waals surface area contributed by atoms with Crippen LogP contribution >= 0.6 is 27.7 Å². The molecular formula is C15H12BrFO2S. The van der Waals surface area contributed by atoms with Crippen molar-refractivity contribution in [2.75, 3.05) is 0 Å². The summed E-state index contributed by atoms with van der Waals surface area (Å²) in [4.78, 5) is 11.6. The third-order valence-electron chi connectivity index (χ3n) is 2.69. The Morgan fingerprint density at radius 2 is 1.90 bits per heavy atom. The molecule has 0 heterocycles. The number of hydrogen-bond acceptors (Lipinski definition) is 2. The smallest absolute Gasteiger partial charge is 0.307 e. The van der Waals surface area contributed by atoms with Gasteiger partial charge in [-0.3, -0.25) is 4.79 Å². The van der Waals surface area contributed by atoms with Gasteiger partial charge in [-0.2, -0.15) is 0 Å². The monoisotopic (exact) mass is 354 g/mol. The summed E-state index contributed by atoms with van der Waals surface area (Å²) in [6, 6.07) is 12.3. The Balaban J connectivity index is 1.98. The van der Waals surface area contributed by atoms with E-state index in [-0.39, 0.29) is 12.2 Å². The number of rotatable bonds is 5. The number of aliphatic carboxylic acids is 1. The van der Waals surface area contributed by atoms with E-state index >= 15 is 0 Å². The molecule has 0 saturated heterocycles. The lowest BCUT2D eigenvalue weighted by Gasteiger charge is -2.05. The minimum Gasteiger partial charge on any atom is -0.481 e. The van der Waals surface area contributed by atoms with Crippen molar-refractivity contribution in [1.82, 2.24) is 0 Å². The van der Waals surface area contributed by atoms with Crippen molar-refractivity contribution >= 4 is 33.7 Å². The van der Waals surface area contributed by atoms with Gasteiger partial charge in [0.1, 0.15) is 5.82 Å². The molecule has 0 aliphatic heterocycles. The van der Waals surface area contributed by atoms with E-state index in [1.54, 1.807) is 18.2 Å². The third-order valence-corrected chi connectivity index (χ3v) is 4.24. The molecule has 0 radical (unpaired) electrons. The first kappa shape index (κ1) is 15.1. The molecule has 2 rings (SSSR count). The van der Waals surface area contributed by atoms with E-state index in [0.717, 1.165) is 14.9 Å². The molecule has 1 N–H and O–H groups in total. The molecule has 2 nitrogen and oxygen atoms in total. The molecule has 2 aromatic rings. The molecule has 20 heavy (non-hydrogen) atoms. The Morgan fingerprint density at radius 3 is 2.50 bits per heavy atom. The molecule has 0 atom stereocenters. The summed E-state index contributed by atoms with van der Waals surface area (Å²) in [5, 5.41) is 8.69. The number of benzene rings is 2. The Kier molecular flexibility index (Phi) is 5.20. The fourth-order valence-corrected chi connectivity index (χ4v) is 2.90. The molecule has 0 spiro atoms. The van der Waals surface area contributed by atoms with Crippen LogP contribution in [0.25, 0.3) is 0 Å². The number of carboxylic acids is 1. The van der Waals surface area contributed by atoms with Crippen LogP contribution in [0, 0.1) is 5.82 Å². The van der Waals surface area contributed by atoms with Crippen molar-refractivity contribution in [3.05, 3.63) is 63.9 Å². The van der Waals surface area contributed by atoms with Crippen LogP contribution in [0.2, 0.25) is 0 Å². The van der Waals surface area contributed by atoms with Crippen LogP contribution in [0.3, 0.4) is 0 Å². The zero-order chi connectivity index (χ0) is 14.5. The second-order valence-electron chi connectivity index (χ2n) is 4.24. The van der Waals surface area contributed by atoms with E-state index in [9.17, 15) is 9.18 Å². The highest BCUT2D eigenvalue weighted by Gasteiger charge is 2.05. The summed E-state index contributed by atoms with van der Waals surface area (Å²) >= 11 is 4.74. The number of hydrogen-bond donors (Lipinski definition) is 1. The SMILES string of the molecule is O=C(O)Cc1ccc(SCc2ccc(Br)cc2F)cc1. The molecule has 0 bridgehead atoms. The van der Waals surface area contributed by atoms with Gasteiger partial charge in [0.2, 0.25) is 0 Å². The average molecular weight is 355 g/mol. The van der Waals surface area contributed by atoms with Crippen molar-refractivity contribution in [2.24, 2.45) is 0 Å². The van der Waals surface area contributed by atoms with Gasteiger partial charge < -0.3 is 5.11 Å². The van der Waals surface area contributed by atoms with E-state index in [0.29, 0.717) is 11.3 Å². The Hall–Kier alpha value is -1.33. The molecule has 0 aromatic heterocycles. The van der Waals surface area contributed by atoms with Gasteiger partial charge in [0.05, 0.1) is 6.42 Å². The van der Waals surface area contributed by atoms with Crippen LogP contribution in [0.1, 0.15) is 11.1 Å². The summed E-state index contributed by atoms with van der Waals surface area (Å²) < 4.78 is 14.4. The van der Waals surface area contributed by atoms with Crippen LogP contribution in [-0.4, -0.2) is 11.1 Å². The van der Waals surface area contributed by atoms with Crippen LogP contribution in [-0.2, 0) is 17.0 Å². The highest BCUT2D eigenvalue weighted by atomic mass is 79.9. The first-order chi connectivity index (χ1) is 9.54. The molecule has 5 heteroatoms. The van der Waals surface area contributed by atoms with Crippen molar-refractivity contribution in [1.29, 1.82) is 0 Å². The summed E-state index contributed by atoms with van der Waals surface area (Å²) in [6.45, 7) is 0. The van der Waals surface area contributed by atoms with Crippen LogP contribution in [0.15, 0.2) is 51.8 Å². The van der Waals surface area contributed by atoms with Crippen molar-refractivity contribution in [2.45, 2.75) is 17.1 Å². The zero-order valence-electron chi connectivity index (χ0n) is 10.5. The van der Waals surface area contributed by atoms with E-state index in [2.05, 4.69) is 15.9 Å². The topological polar surface area (TPSA) is 37.3 Å². The van der Waals surface area contributed by atoms with E-state index < -0.39 is 5.97 Å². The number of carbonyl (C=O) groups is 1. The second-order valence-corrected chi connectivity index (χ2v) is 6.20. The number of thioether (sulfide) groups is 1. The van der Waals surface area contributed by atoms with Crippen molar-refractivity contribution in [3.63, 3.8) is 0 Å². The van der Waals surface area contributed by atoms with E-state index in [4.69, 9.17) is 5.11 Å². The summed E-state index contributed by atoms with van der Waals surface area (Å²) in [7, 11) is 0. The lowest BCUT2D eigenvalue weighted by atomic mass is 10.2. The van der Waals surface area contributed by atoms with Crippen molar-refractivity contribution in [3.8, 4) is 0 Å². The lowest BCUT2D eigenvalue weighted by Crippen LogP contribution is -1.99. The predicted molar refractivity (Wildman–Crippen MR) is 81.4 cm³/mol. The second kappa shape index (κ2) is 6.90. The predicted octanol–water partition coefficient (Wildman–Crippen LogP) is 4.51. The molecule has 104 valence electrons. The van der Waals surface area contributed by atoms with Crippen molar-refractivity contribution < 1.29 is 14.3 Å². The Bertz CT molecular complexity index is 614. The summed E-state index contributed by atoms with van der Waals surface area (Å²) in [5.74, 6) is -0.533. The van der Waals surface area contributed by atoms with Gasteiger partial charge in [0, 0.05) is 15.1 Å². The molecule has 0 aliphatic carbocycles. The number of halogens is 2. The normalized spacial score (nSPS) is 10.5. The molecule has 0 unspecified atom stereocenters. The largest absolute Gasteiger partial charge is 0.481 e. The Labute approximate surface area is 129 Å². The maximum Gasteiger partial charge on any atom is 0.307 e. The highest BCUT2D eigenvalue weighted by Crippen LogP contribution is 2.25. The van der Waals surface area contributed by atoms with Gasteiger partial charge in [-0.05, 0) is 35.4 Å². The number of carboxylic acid groups (broad SMARTS) is 1. The van der Waals surface area contributed by atoms with Gasteiger partial charge in [-0.15, -0.1) is 11.8 Å². The maximum absolute atomic E-state index is 13.7. The maximum atomic E-state index is 13.7. The minimum atomic E-state index is -0.845. The first-order valence-corrected chi connectivity index (χ1v) is 7.70. The first-order valence-electron chi connectivity index (χ1n) is 5.92. The fraction of sp³-hybridized carbons (Fsp3) is 0.133. The van der Waals surface area contributed by atoms with Gasteiger partial charge in [0.25, 0.3) is 0 Å². The van der Waals surface area contributed by atoms with Gasteiger partial charge in [0.15, 0.2) is 0 Å². The molecule has 0 saturated carbocycles. The minimum absolute atomic E-state index is 0.0201. The van der Waals surface area contributed by atoms with Gasteiger partial charge in [-0.1, -0.05) is 34.1 Å². The van der Waals surface area contributed by atoms with E-state index in [1.807, 2.05) is 18.2 Å². The van der Waals surface area contributed by atoms with Crippen LogP contribution in [0.4, 0.5) is 4.39 Å². The third kappa shape index (κ3) is 4.35. The molecule has 0 aliphatic rings. The standard InChI is InChI=1S/C15H12BrFO2S/c16-12-4-3-11(14(17)8-12)9-20-13-5-1-10(2-6-13)7-15(18)19/h1-6,8H,7,9H2,(H,18,19). The Morgan fingerprint density at radius 1 is 1.20 bits per heavy atom. The highest BCUT2D eigenvalue weighted by molar-refractivity contribution is 9.10. The summed E-state index contributed by atoms with van der Waals surface area (Å²) in [6.07, 6.45) is 0.0201. The zero-order valence-corrected chi connectivity index (χ0v) is 12.9. The summed E-state index contributed by atoms with van der Waals surface area (Å²) in [5.41, 5.74) is 1.41. The molecule has 2 aromatic carbocycles. The lowest BCUT2D eigenvalue weighted by molar-refractivity contribution is -0.136. The molecule has 0 amide bonds. The van der Waals surface area contributed by atoms with Crippen LogP contribution < -0.4 is 0 Å². The van der Waals surface area contributed by atoms with Gasteiger partial charge >= 0.3 is 5.97 Å². The van der Waals surface area contributed by atoms with Gasteiger partial charge in [-0.25, -0.2) is 4.39 Å². The quantitative estimate of drug-likeness (QED) is 0.802. The average Bonchev–Trinajstić information content (AvgIpc) is 2.39. The van der Waals surface area contributed by atoms with Crippen LogP contribution in [0.5, 0.6) is 0 Å². The molecule has 0 fully saturated rings. The van der Waals surface area contributed by atoms with E-state index in [1.165, 1.54) is 17.8 Å².